The molecule has 8 nitrogen and oxygen atoms in total. The summed E-state index contributed by atoms with van der Waals surface area (Å²) in [5.74, 6) is 1.99. The molecule has 0 fully saturated rings. The number of carbonyl (C=O) groups is 1. The third-order valence-electron chi connectivity index (χ3n) is 3.27. The number of rotatable bonds is 6. The molecule has 24 heavy (non-hydrogen) atoms. The monoisotopic (exact) mass is 328 g/mol. The summed E-state index contributed by atoms with van der Waals surface area (Å²) in [5, 5.41) is 10.4. The third-order valence-corrected chi connectivity index (χ3v) is 3.27. The first kappa shape index (κ1) is 15.7. The number of aromatic nitrogens is 3. The van der Waals surface area contributed by atoms with Crippen molar-refractivity contribution >= 4 is 5.91 Å². The molecule has 0 spiro atoms. The minimum Gasteiger partial charge on any atom is -0.497 e. The maximum Gasteiger partial charge on any atom is 0.246 e. The van der Waals surface area contributed by atoms with Gasteiger partial charge in [-0.2, -0.15) is 4.98 Å². The van der Waals surface area contributed by atoms with Gasteiger partial charge in [0, 0.05) is 11.6 Å². The first-order valence-electron chi connectivity index (χ1n) is 7.30. The van der Waals surface area contributed by atoms with E-state index in [1.54, 1.807) is 20.1 Å². The van der Waals surface area contributed by atoms with Crippen LogP contribution in [0.1, 0.15) is 17.3 Å². The van der Waals surface area contributed by atoms with Crippen molar-refractivity contribution in [3.8, 4) is 17.1 Å². The van der Waals surface area contributed by atoms with Crippen molar-refractivity contribution in [1.82, 2.24) is 20.6 Å². The van der Waals surface area contributed by atoms with Gasteiger partial charge in [-0.25, -0.2) is 0 Å². The van der Waals surface area contributed by atoms with Gasteiger partial charge in [0.05, 0.1) is 25.8 Å². The summed E-state index contributed by atoms with van der Waals surface area (Å²) >= 11 is 0. The van der Waals surface area contributed by atoms with Crippen molar-refractivity contribution in [3.63, 3.8) is 0 Å². The van der Waals surface area contributed by atoms with E-state index in [4.69, 9.17) is 13.8 Å². The second-order valence-electron chi connectivity index (χ2n) is 5.12. The fraction of sp³-hybridized carbons (Fsp3) is 0.250. The Bertz CT molecular complexity index is 823. The lowest BCUT2D eigenvalue weighted by molar-refractivity contribution is -0.120. The van der Waals surface area contributed by atoms with Gasteiger partial charge in [-0.05, 0) is 31.2 Å². The van der Waals surface area contributed by atoms with Crippen LogP contribution in [0.15, 0.2) is 39.4 Å². The number of aryl methyl sites for hydroxylation is 1. The zero-order valence-electron chi connectivity index (χ0n) is 13.3. The van der Waals surface area contributed by atoms with Gasteiger partial charge in [-0.1, -0.05) is 10.3 Å². The van der Waals surface area contributed by atoms with Crippen LogP contribution in [0.3, 0.4) is 0 Å². The Morgan fingerprint density at radius 1 is 1.21 bits per heavy atom. The van der Waals surface area contributed by atoms with Crippen molar-refractivity contribution in [2.75, 3.05) is 7.11 Å². The van der Waals surface area contributed by atoms with Crippen molar-refractivity contribution in [3.05, 3.63) is 47.7 Å². The van der Waals surface area contributed by atoms with Crippen LogP contribution in [0, 0.1) is 6.92 Å². The molecular weight excluding hydrogens is 312 g/mol. The SMILES string of the molecule is COc1ccc(-c2noc(CNC(=O)Cc3cc(C)on3)n2)cc1. The fourth-order valence-corrected chi connectivity index (χ4v) is 2.09. The molecule has 2 heterocycles. The normalized spacial score (nSPS) is 10.6. The Balaban J connectivity index is 1.56. The average molecular weight is 328 g/mol. The predicted molar refractivity (Wildman–Crippen MR) is 83.1 cm³/mol. The van der Waals surface area contributed by atoms with Crippen LogP contribution in [0.5, 0.6) is 5.75 Å². The van der Waals surface area contributed by atoms with Crippen molar-refractivity contribution in [2.24, 2.45) is 0 Å². The van der Waals surface area contributed by atoms with Crippen LogP contribution in [0.4, 0.5) is 0 Å². The van der Waals surface area contributed by atoms with E-state index in [0.717, 1.165) is 11.3 Å². The van der Waals surface area contributed by atoms with Gasteiger partial charge in [0.1, 0.15) is 11.5 Å². The number of hydrogen-bond donors (Lipinski definition) is 1. The van der Waals surface area contributed by atoms with Gasteiger partial charge in [-0.15, -0.1) is 0 Å². The summed E-state index contributed by atoms with van der Waals surface area (Å²) in [5.41, 5.74) is 1.38. The van der Waals surface area contributed by atoms with Crippen LogP contribution in [0.25, 0.3) is 11.4 Å². The van der Waals surface area contributed by atoms with Crippen LogP contribution in [-0.2, 0) is 17.8 Å². The minimum absolute atomic E-state index is 0.136. The van der Waals surface area contributed by atoms with E-state index in [-0.39, 0.29) is 18.9 Å². The topological polar surface area (TPSA) is 103 Å². The Morgan fingerprint density at radius 2 is 2.00 bits per heavy atom. The highest BCUT2D eigenvalue weighted by atomic mass is 16.5. The molecule has 2 aromatic heterocycles. The molecule has 1 aromatic carbocycles. The maximum atomic E-state index is 11.8. The molecule has 0 saturated heterocycles. The molecule has 1 N–H and O–H groups in total. The first-order chi connectivity index (χ1) is 11.6. The summed E-state index contributed by atoms with van der Waals surface area (Å²) in [6, 6.07) is 9.01. The molecule has 0 atom stereocenters. The number of amides is 1. The van der Waals surface area contributed by atoms with Gasteiger partial charge in [-0.3, -0.25) is 4.79 Å². The standard InChI is InChI=1S/C16H16N4O4/c1-10-7-12(19-23-10)8-14(21)17-9-15-18-16(20-24-15)11-3-5-13(22-2)6-4-11/h3-7H,8-9H2,1-2H3,(H,17,21). The summed E-state index contributed by atoms with van der Waals surface area (Å²) in [4.78, 5) is 16.1. The first-order valence-corrected chi connectivity index (χ1v) is 7.30. The van der Waals surface area contributed by atoms with Gasteiger partial charge in [0.15, 0.2) is 0 Å². The molecule has 0 bridgehead atoms. The number of hydrogen-bond acceptors (Lipinski definition) is 7. The largest absolute Gasteiger partial charge is 0.497 e. The molecule has 0 unspecified atom stereocenters. The highest BCUT2D eigenvalue weighted by Crippen LogP contribution is 2.19. The van der Waals surface area contributed by atoms with Crippen molar-refractivity contribution < 1.29 is 18.6 Å². The molecule has 3 aromatic rings. The summed E-state index contributed by atoms with van der Waals surface area (Å²) in [7, 11) is 1.60. The fourth-order valence-electron chi connectivity index (χ4n) is 2.09. The van der Waals surface area contributed by atoms with Crippen molar-refractivity contribution in [1.29, 1.82) is 0 Å². The lowest BCUT2D eigenvalue weighted by atomic mass is 10.2. The van der Waals surface area contributed by atoms with E-state index in [1.807, 2.05) is 24.3 Å². The zero-order chi connectivity index (χ0) is 16.9. The quantitative estimate of drug-likeness (QED) is 0.737. The van der Waals surface area contributed by atoms with E-state index in [0.29, 0.717) is 23.2 Å². The van der Waals surface area contributed by atoms with Gasteiger partial charge >= 0.3 is 0 Å². The number of carbonyl (C=O) groups excluding carboxylic acids is 1. The molecule has 3 rings (SSSR count). The Morgan fingerprint density at radius 3 is 2.67 bits per heavy atom. The van der Waals surface area contributed by atoms with Crippen LogP contribution < -0.4 is 10.1 Å². The lowest BCUT2D eigenvalue weighted by Gasteiger charge is -1.99. The van der Waals surface area contributed by atoms with E-state index in [1.165, 1.54) is 0 Å². The summed E-state index contributed by atoms with van der Waals surface area (Å²) in [6.45, 7) is 1.92. The van der Waals surface area contributed by atoms with Crippen LogP contribution in [-0.4, -0.2) is 28.3 Å². The van der Waals surface area contributed by atoms with Crippen LogP contribution >= 0.6 is 0 Å². The smallest absolute Gasteiger partial charge is 0.246 e. The molecule has 124 valence electrons. The highest BCUT2D eigenvalue weighted by Gasteiger charge is 2.11. The number of nitrogens with one attached hydrogen (secondary N) is 1. The molecule has 0 aliphatic carbocycles. The van der Waals surface area contributed by atoms with Crippen molar-refractivity contribution in [2.45, 2.75) is 19.9 Å². The van der Waals surface area contributed by atoms with E-state index < -0.39 is 0 Å². The number of benzene rings is 1. The number of methoxy groups -OCH3 is 1. The Kier molecular flexibility index (Phi) is 4.55. The number of ether oxygens (including phenoxy) is 1. The molecule has 0 saturated carbocycles. The van der Waals surface area contributed by atoms with E-state index in [2.05, 4.69) is 20.6 Å². The summed E-state index contributed by atoms with van der Waals surface area (Å²) < 4.78 is 15.2. The molecule has 0 aliphatic rings. The molecule has 0 radical (unpaired) electrons. The van der Waals surface area contributed by atoms with Gasteiger partial charge < -0.3 is 19.1 Å². The van der Waals surface area contributed by atoms with E-state index >= 15 is 0 Å². The second-order valence-corrected chi connectivity index (χ2v) is 5.12. The van der Waals surface area contributed by atoms with Crippen LogP contribution in [0.2, 0.25) is 0 Å². The molecule has 1 amide bonds. The highest BCUT2D eigenvalue weighted by molar-refractivity contribution is 5.77. The Labute approximate surface area is 137 Å². The lowest BCUT2D eigenvalue weighted by Crippen LogP contribution is -2.24. The number of nitrogens with zero attached hydrogens (tertiary/aromatic N) is 3. The second kappa shape index (κ2) is 6.95. The molecular formula is C16H16N4O4. The van der Waals surface area contributed by atoms with Gasteiger partial charge in [0.2, 0.25) is 17.6 Å². The molecule has 8 heteroatoms. The minimum atomic E-state index is -0.201. The maximum absolute atomic E-state index is 11.8. The predicted octanol–water partition coefficient (Wildman–Crippen LogP) is 1.90. The average Bonchev–Trinajstić information content (AvgIpc) is 3.22. The van der Waals surface area contributed by atoms with Gasteiger partial charge in [0.25, 0.3) is 0 Å². The molecule has 0 aliphatic heterocycles. The Hall–Kier alpha value is -3.16. The summed E-state index contributed by atoms with van der Waals surface area (Å²) in [6.07, 6.45) is 0.136. The third kappa shape index (κ3) is 3.78. The van der Waals surface area contributed by atoms with E-state index in [9.17, 15) is 4.79 Å². The zero-order valence-corrected chi connectivity index (χ0v) is 13.3.